The molecule has 28 heavy (non-hydrogen) atoms. The Labute approximate surface area is 162 Å². The maximum atomic E-state index is 12.8. The molecule has 0 aliphatic heterocycles. The van der Waals surface area contributed by atoms with Crippen LogP contribution in [0.2, 0.25) is 0 Å². The maximum absolute atomic E-state index is 12.8. The van der Waals surface area contributed by atoms with Crippen LogP contribution in [-0.2, 0) is 6.54 Å². The molecule has 6 nitrogen and oxygen atoms in total. The van der Waals surface area contributed by atoms with E-state index < -0.39 is 12.1 Å². The standard InChI is InChI=1S/C19H25F3N6/c1-2-23-18(27-16-8-6-15(7-9-16)19(20,21)22)24-11-13-4-3-5-14(10-13)17-25-12-26-28-17/h3-5,10,12,15-16H,2,6-9,11H2,1H3,(H2,23,24,27)(H,25,26,28). The van der Waals surface area contributed by atoms with E-state index in [2.05, 4.69) is 30.8 Å². The number of benzene rings is 1. The van der Waals surface area contributed by atoms with E-state index in [1.165, 1.54) is 6.33 Å². The molecule has 9 heteroatoms. The van der Waals surface area contributed by atoms with Crippen molar-refractivity contribution in [2.45, 2.75) is 51.4 Å². The van der Waals surface area contributed by atoms with E-state index in [1.807, 2.05) is 31.2 Å². The molecule has 1 aliphatic rings. The number of aliphatic imine (C=N–C) groups is 1. The summed E-state index contributed by atoms with van der Waals surface area (Å²) in [6.07, 6.45) is -1.30. The van der Waals surface area contributed by atoms with Gasteiger partial charge in [0.1, 0.15) is 6.33 Å². The van der Waals surface area contributed by atoms with Crippen LogP contribution in [0.25, 0.3) is 11.4 Å². The molecule has 1 aromatic heterocycles. The van der Waals surface area contributed by atoms with E-state index in [0.29, 0.717) is 37.7 Å². The lowest BCUT2D eigenvalue weighted by molar-refractivity contribution is -0.182. The summed E-state index contributed by atoms with van der Waals surface area (Å²) in [6.45, 7) is 3.10. The van der Waals surface area contributed by atoms with Crippen molar-refractivity contribution >= 4 is 5.96 Å². The Morgan fingerprint density at radius 3 is 2.68 bits per heavy atom. The Hall–Kier alpha value is -2.58. The molecule has 1 heterocycles. The van der Waals surface area contributed by atoms with Crippen LogP contribution in [0, 0.1) is 5.92 Å². The number of aromatic nitrogens is 3. The Balaban J connectivity index is 1.60. The third kappa shape index (κ3) is 5.46. The number of rotatable bonds is 5. The topological polar surface area (TPSA) is 78.0 Å². The minimum absolute atomic E-state index is 0.0110. The van der Waals surface area contributed by atoms with Crippen molar-refractivity contribution in [2.24, 2.45) is 10.9 Å². The van der Waals surface area contributed by atoms with Gasteiger partial charge in [-0.1, -0.05) is 18.2 Å². The molecule has 0 atom stereocenters. The fourth-order valence-corrected chi connectivity index (χ4v) is 3.41. The Kier molecular flexibility index (Phi) is 6.53. The lowest BCUT2D eigenvalue weighted by Crippen LogP contribution is -2.45. The molecule has 3 N–H and O–H groups in total. The van der Waals surface area contributed by atoms with Gasteiger partial charge in [-0.2, -0.15) is 18.3 Å². The van der Waals surface area contributed by atoms with Gasteiger partial charge in [-0.3, -0.25) is 5.10 Å². The highest BCUT2D eigenvalue weighted by Crippen LogP contribution is 2.37. The van der Waals surface area contributed by atoms with Crippen molar-refractivity contribution < 1.29 is 13.2 Å². The first-order chi connectivity index (χ1) is 13.5. The zero-order chi connectivity index (χ0) is 20.0. The number of halogens is 3. The largest absolute Gasteiger partial charge is 0.391 e. The minimum atomic E-state index is -4.09. The zero-order valence-corrected chi connectivity index (χ0v) is 15.8. The highest BCUT2D eigenvalue weighted by molar-refractivity contribution is 5.80. The molecular formula is C19H25F3N6. The summed E-state index contributed by atoms with van der Waals surface area (Å²) in [4.78, 5) is 8.74. The summed E-state index contributed by atoms with van der Waals surface area (Å²) in [6, 6.07) is 7.85. The molecule has 0 bridgehead atoms. The van der Waals surface area contributed by atoms with E-state index in [1.54, 1.807) is 0 Å². The third-order valence-electron chi connectivity index (χ3n) is 4.91. The first-order valence-corrected chi connectivity index (χ1v) is 9.52. The van der Waals surface area contributed by atoms with Crippen LogP contribution in [-0.4, -0.2) is 39.9 Å². The average Bonchev–Trinajstić information content (AvgIpc) is 3.21. The van der Waals surface area contributed by atoms with Crippen LogP contribution in [0.15, 0.2) is 35.6 Å². The SMILES string of the molecule is CCNC(=NCc1cccc(-c2ncn[nH]2)c1)NC1CCC(C(F)(F)F)CC1. The third-order valence-corrected chi connectivity index (χ3v) is 4.91. The van der Waals surface area contributed by atoms with E-state index in [9.17, 15) is 13.2 Å². The van der Waals surface area contributed by atoms with Crippen molar-refractivity contribution in [1.29, 1.82) is 0 Å². The lowest BCUT2D eigenvalue weighted by Gasteiger charge is -2.31. The number of hydrogen-bond acceptors (Lipinski definition) is 3. The summed E-state index contributed by atoms with van der Waals surface area (Å²) >= 11 is 0. The summed E-state index contributed by atoms with van der Waals surface area (Å²) in [5, 5.41) is 13.1. The number of aromatic amines is 1. The molecule has 2 aromatic rings. The summed E-state index contributed by atoms with van der Waals surface area (Å²) in [5.74, 6) is 0.143. The molecule has 0 unspecified atom stereocenters. The summed E-state index contributed by atoms with van der Waals surface area (Å²) < 4.78 is 38.5. The zero-order valence-electron chi connectivity index (χ0n) is 15.8. The highest BCUT2D eigenvalue weighted by Gasteiger charge is 2.41. The fraction of sp³-hybridized carbons (Fsp3) is 0.526. The molecule has 0 radical (unpaired) electrons. The number of hydrogen-bond donors (Lipinski definition) is 3. The van der Waals surface area contributed by atoms with Crippen molar-refractivity contribution in [3.05, 3.63) is 36.2 Å². The second-order valence-corrected chi connectivity index (χ2v) is 6.96. The van der Waals surface area contributed by atoms with E-state index in [-0.39, 0.29) is 18.9 Å². The quantitative estimate of drug-likeness (QED) is 0.534. The molecule has 152 valence electrons. The van der Waals surface area contributed by atoms with Crippen LogP contribution >= 0.6 is 0 Å². The molecule has 3 rings (SSSR count). The van der Waals surface area contributed by atoms with E-state index >= 15 is 0 Å². The lowest BCUT2D eigenvalue weighted by atomic mass is 9.85. The van der Waals surface area contributed by atoms with Gasteiger partial charge < -0.3 is 10.6 Å². The van der Waals surface area contributed by atoms with Crippen LogP contribution in [0.3, 0.4) is 0 Å². The van der Waals surface area contributed by atoms with Crippen molar-refractivity contribution in [2.75, 3.05) is 6.54 Å². The van der Waals surface area contributed by atoms with Gasteiger partial charge in [-0.25, -0.2) is 9.98 Å². The predicted octanol–water partition coefficient (Wildman–Crippen LogP) is 3.65. The van der Waals surface area contributed by atoms with Gasteiger partial charge in [0.25, 0.3) is 0 Å². The Morgan fingerprint density at radius 1 is 1.25 bits per heavy atom. The number of nitrogens with one attached hydrogen (secondary N) is 3. The number of H-pyrrole nitrogens is 1. The number of alkyl halides is 3. The van der Waals surface area contributed by atoms with Crippen molar-refractivity contribution in [1.82, 2.24) is 25.8 Å². The van der Waals surface area contributed by atoms with Gasteiger partial charge in [0.2, 0.25) is 0 Å². The Bertz CT molecular complexity index is 764. The van der Waals surface area contributed by atoms with Crippen LogP contribution in [0.1, 0.15) is 38.2 Å². The molecular weight excluding hydrogens is 369 g/mol. The van der Waals surface area contributed by atoms with Gasteiger partial charge in [0.05, 0.1) is 12.5 Å². The summed E-state index contributed by atoms with van der Waals surface area (Å²) in [7, 11) is 0. The molecule has 1 fully saturated rings. The molecule has 0 spiro atoms. The monoisotopic (exact) mass is 394 g/mol. The molecule has 1 aromatic carbocycles. The fourth-order valence-electron chi connectivity index (χ4n) is 3.41. The van der Waals surface area contributed by atoms with Crippen LogP contribution in [0.5, 0.6) is 0 Å². The van der Waals surface area contributed by atoms with Gasteiger partial charge in [-0.05, 0) is 44.2 Å². The van der Waals surface area contributed by atoms with Gasteiger partial charge >= 0.3 is 6.18 Å². The van der Waals surface area contributed by atoms with Gasteiger partial charge in [0, 0.05) is 18.2 Å². The first-order valence-electron chi connectivity index (χ1n) is 9.52. The van der Waals surface area contributed by atoms with Crippen LogP contribution in [0.4, 0.5) is 13.2 Å². The van der Waals surface area contributed by atoms with Gasteiger partial charge in [-0.15, -0.1) is 0 Å². The van der Waals surface area contributed by atoms with E-state index in [0.717, 1.165) is 11.1 Å². The van der Waals surface area contributed by atoms with Gasteiger partial charge in [0.15, 0.2) is 11.8 Å². The average molecular weight is 394 g/mol. The number of nitrogens with zero attached hydrogens (tertiary/aromatic N) is 3. The minimum Gasteiger partial charge on any atom is -0.357 e. The highest BCUT2D eigenvalue weighted by atomic mass is 19.4. The summed E-state index contributed by atoms with van der Waals surface area (Å²) in [5.41, 5.74) is 1.93. The maximum Gasteiger partial charge on any atom is 0.391 e. The van der Waals surface area contributed by atoms with E-state index in [4.69, 9.17) is 0 Å². The molecule has 0 amide bonds. The molecule has 1 aliphatic carbocycles. The normalized spacial score (nSPS) is 20.8. The molecule has 1 saturated carbocycles. The second kappa shape index (κ2) is 9.07. The number of guanidine groups is 1. The predicted molar refractivity (Wildman–Crippen MR) is 102 cm³/mol. The van der Waals surface area contributed by atoms with Crippen molar-refractivity contribution in [3.8, 4) is 11.4 Å². The second-order valence-electron chi connectivity index (χ2n) is 6.96. The smallest absolute Gasteiger partial charge is 0.357 e. The molecule has 0 saturated heterocycles. The first kappa shape index (κ1) is 20.2. The Morgan fingerprint density at radius 2 is 2.04 bits per heavy atom. The van der Waals surface area contributed by atoms with Crippen LogP contribution < -0.4 is 10.6 Å². The van der Waals surface area contributed by atoms with Crippen molar-refractivity contribution in [3.63, 3.8) is 0 Å².